The van der Waals surface area contributed by atoms with Crippen molar-refractivity contribution in [2.24, 2.45) is 0 Å². The molecule has 0 bridgehead atoms. The monoisotopic (exact) mass is 234 g/mol. The lowest BCUT2D eigenvalue weighted by atomic mass is 10.1. The van der Waals surface area contributed by atoms with Gasteiger partial charge in [0.2, 0.25) is 8.32 Å². The molecule has 3 heteroatoms. The molecule has 0 atom stereocenters. The van der Waals surface area contributed by atoms with Crippen LogP contribution in [0.25, 0.3) is 5.57 Å². The van der Waals surface area contributed by atoms with Crippen molar-refractivity contribution in [3.8, 4) is 0 Å². The average Bonchev–Trinajstić information content (AvgIpc) is 2.64. The van der Waals surface area contributed by atoms with E-state index in [2.05, 4.69) is 31.8 Å². The topological polar surface area (TPSA) is 18.5 Å². The standard InChI is InChI=1S/C13H18O2Si/c1-16(2,3)15-13-12(9-10-14-13)11-7-5-4-6-8-11/h4-8H,9-10H2,1-3H3. The molecule has 86 valence electrons. The molecule has 1 aliphatic heterocycles. The van der Waals surface area contributed by atoms with Gasteiger partial charge in [0.25, 0.3) is 5.95 Å². The van der Waals surface area contributed by atoms with Gasteiger partial charge >= 0.3 is 0 Å². The second-order valence-corrected chi connectivity index (χ2v) is 9.37. The third kappa shape index (κ3) is 2.67. The van der Waals surface area contributed by atoms with E-state index in [-0.39, 0.29) is 0 Å². The van der Waals surface area contributed by atoms with Crippen molar-refractivity contribution >= 4 is 13.9 Å². The number of ether oxygens (including phenoxy) is 1. The second-order valence-electron chi connectivity index (χ2n) is 4.94. The summed E-state index contributed by atoms with van der Waals surface area (Å²) >= 11 is 0. The van der Waals surface area contributed by atoms with Crippen LogP contribution in [0.1, 0.15) is 12.0 Å². The van der Waals surface area contributed by atoms with Crippen molar-refractivity contribution in [1.29, 1.82) is 0 Å². The lowest BCUT2D eigenvalue weighted by molar-refractivity contribution is 0.129. The van der Waals surface area contributed by atoms with Crippen molar-refractivity contribution in [3.05, 3.63) is 41.8 Å². The van der Waals surface area contributed by atoms with E-state index >= 15 is 0 Å². The molecule has 0 saturated heterocycles. The SMILES string of the molecule is C[Si](C)(C)OC1=C(c2ccccc2)CCO1. The summed E-state index contributed by atoms with van der Waals surface area (Å²) in [6.07, 6.45) is 0.948. The second kappa shape index (κ2) is 4.34. The van der Waals surface area contributed by atoms with Crippen LogP contribution in [0.15, 0.2) is 36.3 Å². The van der Waals surface area contributed by atoms with Gasteiger partial charge < -0.3 is 9.16 Å². The summed E-state index contributed by atoms with van der Waals surface area (Å²) in [4.78, 5) is 0. The Morgan fingerprint density at radius 2 is 1.81 bits per heavy atom. The molecule has 0 aromatic heterocycles. The van der Waals surface area contributed by atoms with Crippen LogP contribution in [-0.4, -0.2) is 14.9 Å². The molecule has 2 nitrogen and oxygen atoms in total. The molecule has 1 aromatic rings. The lowest BCUT2D eigenvalue weighted by Gasteiger charge is -2.20. The Bertz CT molecular complexity index is 390. The Balaban J connectivity index is 2.27. The van der Waals surface area contributed by atoms with Gasteiger partial charge in [0.05, 0.1) is 6.61 Å². The Labute approximate surface area is 98.0 Å². The first-order valence-corrected chi connectivity index (χ1v) is 9.07. The van der Waals surface area contributed by atoms with Crippen LogP contribution in [0.2, 0.25) is 19.6 Å². The third-order valence-corrected chi connectivity index (χ3v) is 3.15. The minimum Gasteiger partial charge on any atom is -0.519 e. The molecular weight excluding hydrogens is 216 g/mol. The van der Waals surface area contributed by atoms with Gasteiger partial charge in [-0.2, -0.15) is 0 Å². The largest absolute Gasteiger partial charge is 0.519 e. The van der Waals surface area contributed by atoms with Gasteiger partial charge in [-0.15, -0.1) is 0 Å². The van der Waals surface area contributed by atoms with E-state index in [0.29, 0.717) is 0 Å². The van der Waals surface area contributed by atoms with Crippen molar-refractivity contribution < 1.29 is 9.16 Å². The van der Waals surface area contributed by atoms with E-state index in [0.717, 1.165) is 19.0 Å². The highest BCUT2D eigenvalue weighted by Crippen LogP contribution is 2.31. The smallest absolute Gasteiger partial charge is 0.269 e. The van der Waals surface area contributed by atoms with Crippen LogP contribution in [0.3, 0.4) is 0 Å². The first kappa shape index (κ1) is 11.3. The first-order valence-electron chi connectivity index (χ1n) is 5.67. The zero-order valence-electron chi connectivity index (χ0n) is 10.1. The highest BCUT2D eigenvalue weighted by atomic mass is 28.4. The quantitative estimate of drug-likeness (QED) is 0.744. The van der Waals surface area contributed by atoms with Crippen molar-refractivity contribution in [2.45, 2.75) is 26.1 Å². The predicted octanol–water partition coefficient (Wildman–Crippen LogP) is 3.63. The summed E-state index contributed by atoms with van der Waals surface area (Å²) in [6, 6.07) is 10.3. The third-order valence-electron chi connectivity index (χ3n) is 2.35. The van der Waals surface area contributed by atoms with E-state index in [1.165, 1.54) is 11.1 Å². The zero-order chi connectivity index (χ0) is 11.6. The minimum atomic E-state index is -1.58. The van der Waals surface area contributed by atoms with Crippen LogP contribution in [0.5, 0.6) is 0 Å². The Kier molecular flexibility index (Phi) is 3.05. The fraction of sp³-hybridized carbons (Fsp3) is 0.385. The van der Waals surface area contributed by atoms with Crippen molar-refractivity contribution in [1.82, 2.24) is 0 Å². The number of hydrogen-bond donors (Lipinski definition) is 0. The number of benzene rings is 1. The summed E-state index contributed by atoms with van der Waals surface area (Å²) in [5.41, 5.74) is 2.43. The van der Waals surface area contributed by atoms with Gasteiger partial charge in [-0.25, -0.2) is 0 Å². The van der Waals surface area contributed by atoms with Crippen LogP contribution < -0.4 is 0 Å². The molecular formula is C13H18O2Si. The molecule has 0 unspecified atom stereocenters. The summed E-state index contributed by atoms with van der Waals surface area (Å²) in [7, 11) is -1.58. The molecule has 0 fully saturated rings. The first-order chi connectivity index (χ1) is 7.56. The highest BCUT2D eigenvalue weighted by Gasteiger charge is 2.25. The van der Waals surface area contributed by atoms with Crippen molar-refractivity contribution in [3.63, 3.8) is 0 Å². The molecule has 16 heavy (non-hydrogen) atoms. The molecule has 1 aromatic carbocycles. The summed E-state index contributed by atoms with van der Waals surface area (Å²) in [5, 5.41) is 0. The number of hydrogen-bond acceptors (Lipinski definition) is 2. The van der Waals surface area contributed by atoms with Gasteiger partial charge in [-0.05, 0) is 25.2 Å². The number of rotatable bonds is 3. The molecule has 0 spiro atoms. The molecule has 0 aliphatic carbocycles. The predicted molar refractivity (Wildman–Crippen MR) is 68.4 cm³/mol. The summed E-state index contributed by atoms with van der Waals surface area (Å²) in [5.74, 6) is 0.755. The molecule has 0 N–H and O–H groups in total. The minimum absolute atomic E-state index is 0.740. The van der Waals surface area contributed by atoms with E-state index in [4.69, 9.17) is 9.16 Å². The molecule has 1 aliphatic rings. The molecule has 0 radical (unpaired) electrons. The van der Waals surface area contributed by atoms with Crippen LogP contribution in [-0.2, 0) is 9.16 Å². The van der Waals surface area contributed by atoms with Crippen molar-refractivity contribution in [2.75, 3.05) is 6.61 Å². The molecule has 0 saturated carbocycles. The van der Waals surface area contributed by atoms with Gasteiger partial charge in [0.1, 0.15) is 0 Å². The van der Waals surface area contributed by atoms with Crippen LogP contribution >= 0.6 is 0 Å². The maximum atomic E-state index is 5.96. The summed E-state index contributed by atoms with van der Waals surface area (Å²) < 4.78 is 11.6. The lowest BCUT2D eigenvalue weighted by Crippen LogP contribution is -2.25. The normalized spacial score (nSPS) is 16.2. The van der Waals surface area contributed by atoms with Gasteiger partial charge in [-0.3, -0.25) is 0 Å². The van der Waals surface area contributed by atoms with E-state index in [9.17, 15) is 0 Å². The maximum absolute atomic E-state index is 5.96. The molecule has 2 rings (SSSR count). The average molecular weight is 234 g/mol. The fourth-order valence-electron chi connectivity index (χ4n) is 1.71. The molecule has 0 amide bonds. The van der Waals surface area contributed by atoms with Crippen LogP contribution in [0.4, 0.5) is 0 Å². The Hall–Kier alpha value is -1.22. The van der Waals surface area contributed by atoms with Gasteiger partial charge in [0, 0.05) is 12.0 Å². The highest BCUT2D eigenvalue weighted by molar-refractivity contribution is 6.70. The van der Waals surface area contributed by atoms with Gasteiger partial charge in [-0.1, -0.05) is 30.3 Å². The van der Waals surface area contributed by atoms with Crippen LogP contribution in [0, 0.1) is 0 Å². The zero-order valence-corrected chi connectivity index (χ0v) is 11.1. The Morgan fingerprint density at radius 3 is 2.44 bits per heavy atom. The van der Waals surface area contributed by atoms with E-state index in [1.807, 2.05) is 18.2 Å². The fourth-order valence-corrected chi connectivity index (χ4v) is 2.44. The Morgan fingerprint density at radius 1 is 1.12 bits per heavy atom. The van der Waals surface area contributed by atoms with E-state index < -0.39 is 8.32 Å². The molecule has 1 heterocycles. The summed E-state index contributed by atoms with van der Waals surface area (Å²) in [6.45, 7) is 7.25. The maximum Gasteiger partial charge on any atom is 0.269 e. The van der Waals surface area contributed by atoms with E-state index in [1.54, 1.807) is 0 Å². The van der Waals surface area contributed by atoms with Gasteiger partial charge in [0.15, 0.2) is 0 Å².